The van der Waals surface area contributed by atoms with E-state index in [4.69, 9.17) is 11.6 Å². The smallest absolute Gasteiger partial charge is 0.269 e. The normalized spacial score (nSPS) is 10.5. The molecule has 0 aliphatic carbocycles. The molecule has 7 heteroatoms. The molecule has 0 saturated carbocycles. The van der Waals surface area contributed by atoms with Gasteiger partial charge in [0.25, 0.3) is 5.69 Å². The number of aromatic nitrogens is 2. The lowest BCUT2D eigenvalue weighted by atomic mass is 10.2. The van der Waals surface area contributed by atoms with Gasteiger partial charge in [-0.3, -0.25) is 10.1 Å². The Bertz CT molecular complexity index is 542. The average molecular weight is 267 g/mol. The second kappa shape index (κ2) is 5.61. The van der Waals surface area contributed by atoms with Crippen LogP contribution in [0.25, 0.3) is 0 Å². The quantitative estimate of drug-likeness (QED) is 0.642. The third kappa shape index (κ3) is 3.06. The van der Waals surface area contributed by atoms with Crippen molar-refractivity contribution in [2.45, 2.75) is 13.1 Å². The zero-order valence-electron chi connectivity index (χ0n) is 9.39. The summed E-state index contributed by atoms with van der Waals surface area (Å²) < 4.78 is 0. The molecule has 0 amide bonds. The summed E-state index contributed by atoms with van der Waals surface area (Å²) in [6, 6.07) is 4.39. The second-order valence-electron chi connectivity index (χ2n) is 3.67. The highest BCUT2D eigenvalue weighted by molar-refractivity contribution is 6.31. The molecule has 1 aromatic heterocycles. The number of nitrogens with zero attached hydrogens (tertiary/aromatic N) is 2. The molecule has 1 heterocycles. The van der Waals surface area contributed by atoms with Crippen molar-refractivity contribution in [3.8, 4) is 0 Å². The van der Waals surface area contributed by atoms with Crippen LogP contribution in [0.4, 0.5) is 5.69 Å². The summed E-state index contributed by atoms with van der Waals surface area (Å²) in [5.41, 5.74) is 0.728. The van der Waals surface area contributed by atoms with Crippen LogP contribution in [-0.2, 0) is 13.1 Å². The summed E-state index contributed by atoms with van der Waals surface area (Å²) in [7, 11) is 0. The van der Waals surface area contributed by atoms with Gasteiger partial charge in [0.1, 0.15) is 5.82 Å². The fourth-order valence-corrected chi connectivity index (χ4v) is 1.70. The van der Waals surface area contributed by atoms with Crippen molar-refractivity contribution >= 4 is 17.3 Å². The van der Waals surface area contributed by atoms with E-state index in [9.17, 15) is 10.1 Å². The highest BCUT2D eigenvalue weighted by Crippen LogP contribution is 2.21. The number of nitrogens with one attached hydrogen (secondary N) is 2. The van der Waals surface area contributed by atoms with E-state index in [0.717, 1.165) is 5.82 Å². The van der Waals surface area contributed by atoms with Crippen LogP contribution in [0.2, 0.25) is 5.02 Å². The number of non-ortho nitro benzene ring substituents is 1. The van der Waals surface area contributed by atoms with E-state index >= 15 is 0 Å². The van der Waals surface area contributed by atoms with Gasteiger partial charge in [-0.2, -0.15) is 0 Å². The summed E-state index contributed by atoms with van der Waals surface area (Å²) in [5, 5.41) is 14.3. The van der Waals surface area contributed by atoms with Crippen molar-refractivity contribution in [3.63, 3.8) is 0 Å². The third-order valence-electron chi connectivity index (χ3n) is 2.40. The first kappa shape index (κ1) is 12.5. The zero-order valence-corrected chi connectivity index (χ0v) is 10.1. The lowest BCUT2D eigenvalue weighted by Gasteiger charge is -2.05. The summed E-state index contributed by atoms with van der Waals surface area (Å²) in [6.07, 6.45) is 3.40. The Kier molecular flexibility index (Phi) is 3.91. The number of H-pyrrole nitrogens is 1. The molecule has 2 rings (SSSR count). The average Bonchev–Trinajstić information content (AvgIpc) is 2.84. The number of halogens is 1. The molecule has 2 N–H and O–H groups in total. The van der Waals surface area contributed by atoms with E-state index in [1.165, 1.54) is 18.2 Å². The van der Waals surface area contributed by atoms with Crippen LogP contribution in [0.1, 0.15) is 11.4 Å². The maximum atomic E-state index is 10.7. The maximum Gasteiger partial charge on any atom is 0.269 e. The maximum absolute atomic E-state index is 10.7. The van der Waals surface area contributed by atoms with Gasteiger partial charge in [0.2, 0.25) is 0 Å². The van der Waals surface area contributed by atoms with Crippen LogP contribution in [0.15, 0.2) is 30.6 Å². The summed E-state index contributed by atoms with van der Waals surface area (Å²) in [6.45, 7) is 0.993. The summed E-state index contributed by atoms with van der Waals surface area (Å²) >= 11 is 5.98. The topological polar surface area (TPSA) is 83.8 Å². The molecule has 6 nitrogen and oxygen atoms in total. The first-order valence-corrected chi connectivity index (χ1v) is 5.66. The van der Waals surface area contributed by atoms with E-state index < -0.39 is 4.92 Å². The molecule has 94 valence electrons. The van der Waals surface area contributed by atoms with Crippen molar-refractivity contribution < 1.29 is 4.92 Å². The molecule has 0 aliphatic rings. The molecule has 18 heavy (non-hydrogen) atoms. The number of hydrogen-bond acceptors (Lipinski definition) is 4. The molecular weight excluding hydrogens is 256 g/mol. The first-order valence-electron chi connectivity index (χ1n) is 5.28. The van der Waals surface area contributed by atoms with Crippen LogP contribution < -0.4 is 5.32 Å². The predicted molar refractivity (Wildman–Crippen MR) is 67.2 cm³/mol. The van der Waals surface area contributed by atoms with E-state index in [0.29, 0.717) is 23.7 Å². The minimum Gasteiger partial charge on any atom is -0.348 e. The number of imidazole rings is 1. The van der Waals surface area contributed by atoms with Crippen molar-refractivity contribution in [2.24, 2.45) is 0 Å². The predicted octanol–water partition coefficient (Wildman–Crippen LogP) is 2.26. The van der Waals surface area contributed by atoms with E-state index in [2.05, 4.69) is 15.3 Å². The van der Waals surface area contributed by atoms with Crippen LogP contribution in [0, 0.1) is 10.1 Å². The van der Waals surface area contributed by atoms with Gasteiger partial charge in [0, 0.05) is 36.1 Å². The fourth-order valence-electron chi connectivity index (χ4n) is 1.52. The molecule has 1 aromatic carbocycles. The lowest BCUT2D eigenvalue weighted by Crippen LogP contribution is -2.14. The van der Waals surface area contributed by atoms with Gasteiger partial charge < -0.3 is 10.3 Å². The Morgan fingerprint density at radius 2 is 2.28 bits per heavy atom. The first-order chi connectivity index (χ1) is 8.66. The van der Waals surface area contributed by atoms with Crippen molar-refractivity contribution in [1.29, 1.82) is 0 Å². The Balaban J connectivity index is 2.00. The number of nitro groups is 1. The van der Waals surface area contributed by atoms with Gasteiger partial charge in [-0.15, -0.1) is 0 Å². The highest BCUT2D eigenvalue weighted by Gasteiger charge is 2.09. The molecule has 0 aliphatic heterocycles. The minimum absolute atomic E-state index is 0.0363. The Morgan fingerprint density at radius 1 is 1.44 bits per heavy atom. The molecule has 0 radical (unpaired) electrons. The van der Waals surface area contributed by atoms with Crippen LogP contribution >= 0.6 is 11.6 Å². The second-order valence-corrected chi connectivity index (χ2v) is 4.08. The van der Waals surface area contributed by atoms with Crippen LogP contribution in [-0.4, -0.2) is 14.9 Å². The Labute approximate surface area is 108 Å². The van der Waals surface area contributed by atoms with Gasteiger partial charge in [0.05, 0.1) is 11.5 Å². The van der Waals surface area contributed by atoms with Gasteiger partial charge in [-0.25, -0.2) is 4.98 Å². The zero-order chi connectivity index (χ0) is 13.0. The highest BCUT2D eigenvalue weighted by atomic mass is 35.5. The lowest BCUT2D eigenvalue weighted by molar-refractivity contribution is -0.384. The van der Waals surface area contributed by atoms with E-state index in [1.807, 2.05) is 0 Å². The molecule has 0 unspecified atom stereocenters. The Morgan fingerprint density at radius 3 is 2.94 bits per heavy atom. The largest absolute Gasteiger partial charge is 0.348 e. The monoisotopic (exact) mass is 266 g/mol. The summed E-state index contributed by atoms with van der Waals surface area (Å²) in [5.74, 6) is 0.802. The molecule has 0 atom stereocenters. The standard InChI is InChI=1S/C11H11ClN4O2/c12-10-2-1-9(16(17)18)5-8(10)6-13-7-11-14-3-4-15-11/h1-5,13H,6-7H2,(H,14,15). The molecule has 0 saturated heterocycles. The Hall–Kier alpha value is -1.92. The van der Waals surface area contributed by atoms with Gasteiger partial charge >= 0.3 is 0 Å². The van der Waals surface area contributed by atoms with Crippen molar-refractivity contribution in [1.82, 2.24) is 15.3 Å². The van der Waals surface area contributed by atoms with Crippen LogP contribution in [0.3, 0.4) is 0 Å². The number of hydrogen-bond donors (Lipinski definition) is 2. The molecule has 0 spiro atoms. The number of rotatable bonds is 5. The summed E-state index contributed by atoms with van der Waals surface area (Å²) in [4.78, 5) is 17.2. The molecule has 2 aromatic rings. The number of aromatic amines is 1. The van der Waals surface area contributed by atoms with Crippen LogP contribution in [0.5, 0.6) is 0 Å². The van der Waals surface area contributed by atoms with E-state index in [-0.39, 0.29) is 5.69 Å². The van der Waals surface area contributed by atoms with Crippen molar-refractivity contribution in [3.05, 3.63) is 57.1 Å². The van der Waals surface area contributed by atoms with Crippen molar-refractivity contribution in [2.75, 3.05) is 0 Å². The third-order valence-corrected chi connectivity index (χ3v) is 2.77. The number of nitro benzene ring substituents is 1. The number of benzene rings is 1. The van der Waals surface area contributed by atoms with Gasteiger partial charge in [0.15, 0.2) is 0 Å². The fraction of sp³-hybridized carbons (Fsp3) is 0.182. The SMILES string of the molecule is O=[N+]([O-])c1ccc(Cl)c(CNCc2ncc[nH]2)c1. The van der Waals surface area contributed by atoms with E-state index in [1.54, 1.807) is 12.4 Å². The molecule has 0 bridgehead atoms. The van der Waals surface area contributed by atoms with Gasteiger partial charge in [-0.1, -0.05) is 11.6 Å². The van der Waals surface area contributed by atoms with Gasteiger partial charge in [-0.05, 0) is 11.6 Å². The molecule has 0 fully saturated rings. The molecular formula is C11H11ClN4O2. The minimum atomic E-state index is -0.438.